The lowest BCUT2D eigenvalue weighted by Gasteiger charge is -2.14. The van der Waals surface area contributed by atoms with Crippen molar-refractivity contribution in [3.05, 3.63) is 60.4 Å². The SMILES string of the molecule is C[C@H](Oc1ccccc1)c1nnc(SCC(=O)Nc2ccccc2O)n1C. The molecule has 1 atom stereocenters. The molecule has 2 N–H and O–H groups in total. The number of rotatable bonds is 7. The highest BCUT2D eigenvalue weighted by Gasteiger charge is 2.18. The summed E-state index contributed by atoms with van der Waals surface area (Å²) in [6, 6.07) is 16.1. The molecule has 0 radical (unpaired) electrons. The van der Waals surface area contributed by atoms with E-state index >= 15 is 0 Å². The van der Waals surface area contributed by atoms with Gasteiger partial charge in [-0.05, 0) is 31.2 Å². The van der Waals surface area contributed by atoms with Gasteiger partial charge >= 0.3 is 0 Å². The highest BCUT2D eigenvalue weighted by Crippen LogP contribution is 2.25. The van der Waals surface area contributed by atoms with Gasteiger partial charge in [0.2, 0.25) is 5.91 Å². The third-order valence-electron chi connectivity index (χ3n) is 3.80. The number of nitrogens with one attached hydrogen (secondary N) is 1. The number of thioether (sulfide) groups is 1. The summed E-state index contributed by atoms with van der Waals surface area (Å²) in [4.78, 5) is 12.1. The van der Waals surface area contributed by atoms with E-state index in [-0.39, 0.29) is 23.5 Å². The lowest BCUT2D eigenvalue weighted by atomic mass is 10.3. The Bertz CT molecular complexity index is 914. The first kappa shape index (κ1) is 18.8. The van der Waals surface area contributed by atoms with Gasteiger partial charge in [0.05, 0.1) is 11.4 Å². The minimum Gasteiger partial charge on any atom is -0.506 e. The standard InChI is InChI=1S/C19H20N4O3S/c1-13(26-14-8-4-3-5-9-14)18-21-22-19(23(18)2)27-12-17(25)20-15-10-6-7-11-16(15)24/h3-11,13,24H,12H2,1-2H3,(H,20,25)/t13-/m0/s1. The molecule has 0 aliphatic carbocycles. The van der Waals surface area contributed by atoms with Crippen molar-refractivity contribution < 1.29 is 14.6 Å². The van der Waals surface area contributed by atoms with Crippen LogP contribution in [0.1, 0.15) is 18.9 Å². The number of carbonyl (C=O) groups is 1. The molecule has 1 heterocycles. The van der Waals surface area contributed by atoms with Crippen molar-refractivity contribution >= 4 is 23.4 Å². The summed E-state index contributed by atoms with van der Waals surface area (Å²) in [7, 11) is 1.84. The smallest absolute Gasteiger partial charge is 0.234 e. The molecular weight excluding hydrogens is 364 g/mol. The lowest BCUT2D eigenvalue weighted by Crippen LogP contribution is -2.15. The molecule has 0 spiro atoms. The van der Waals surface area contributed by atoms with Gasteiger partial charge in [-0.25, -0.2) is 0 Å². The van der Waals surface area contributed by atoms with Gasteiger partial charge in [-0.2, -0.15) is 0 Å². The van der Waals surface area contributed by atoms with Crippen LogP contribution in [0.2, 0.25) is 0 Å². The molecule has 0 unspecified atom stereocenters. The Morgan fingerprint density at radius 2 is 1.89 bits per heavy atom. The van der Waals surface area contributed by atoms with Gasteiger partial charge in [0.15, 0.2) is 17.1 Å². The highest BCUT2D eigenvalue weighted by atomic mass is 32.2. The largest absolute Gasteiger partial charge is 0.506 e. The quantitative estimate of drug-likeness (QED) is 0.479. The molecule has 3 aromatic rings. The molecule has 0 saturated carbocycles. The molecular formula is C19H20N4O3S. The van der Waals surface area contributed by atoms with Crippen LogP contribution < -0.4 is 10.1 Å². The Morgan fingerprint density at radius 1 is 1.19 bits per heavy atom. The zero-order valence-corrected chi connectivity index (χ0v) is 15.8. The zero-order chi connectivity index (χ0) is 19.2. The van der Waals surface area contributed by atoms with Crippen LogP contribution in [0, 0.1) is 0 Å². The molecule has 0 saturated heterocycles. The minimum atomic E-state index is -0.283. The van der Waals surface area contributed by atoms with E-state index in [2.05, 4.69) is 15.5 Å². The van der Waals surface area contributed by atoms with E-state index in [0.717, 1.165) is 5.75 Å². The van der Waals surface area contributed by atoms with E-state index < -0.39 is 0 Å². The highest BCUT2D eigenvalue weighted by molar-refractivity contribution is 7.99. The average Bonchev–Trinajstić information content (AvgIpc) is 3.03. The first-order valence-corrected chi connectivity index (χ1v) is 9.35. The molecule has 1 amide bonds. The van der Waals surface area contributed by atoms with Crippen molar-refractivity contribution in [1.29, 1.82) is 0 Å². The Kier molecular flexibility index (Phi) is 5.97. The summed E-state index contributed by atoms with van der Waals surface area (Å²) in [6.45, 7) is 1.90. The summed E-state index contributed by atoms with van der Waals surface area (Å²) in [5.41, 5.74) is 0.381. The Balaban J connectivity index is 1.58. The van der Waals surface area contributed by atoms with E-state index in [4.69, 9.17) is 4.74 Å². The first-order valence-electron chi connectivity index (χ1n) is 8.36. The maximum atomic E-state index is 12.1. The van der Waals surface area contributed by atoms with E-state index in [0.29, 0.717) is 16.7 Å². The molecule has 0 fully saturated rings. The second kappa shape index (κ2) is 8.59. The molecule has 8 heteroatoms. The second-order valence-corrected chi connectivity index (χ2v) is 6.77. The van der Waals surface area contributed by atoms with Crippen LogP contribution in [0.25, 0.3) is 0 Å². The molecule has 0 aliphatic rings. The van der Waals surface area contributed by atoms with Crippen LogP contribution in [0.3, 0.4) is 0 Å². The van der Waals surface area contributed by atoms with E-state index in [1.807, 2.05) is 48.9 Å². The number of aromatic hydroxyl groups is 1. The predicted molar refractivity (Wildman–Crippen MR) is 104 cm³/mol. The second-order valence-electron chi connectivity index (χ2n) is 5.83. The number of benzene rings is 2. The van der Waals surface area contributed by atoms with E-state index in [9.17, 15) is 9.90 Å². The number of phenolic OH excluding ortho intramolecular Hbond substituents is 1. The van der Waals surface area contributed by atoms with Gasteiger partial charge in [-0.15, -0.1) is 10.2 Å². The first-order chi connectivity index (χ1) is 13.0. The van der Waals surface area contributed by atoms with Crippen LogP contribution in [0.4, 0.5) is 5.69 Å². The van der Waals surface area contributed by atoms with Gasteiger partial charge in [0.25, 0.3) is 0 Å². The van der Waals surface area contributed by atoms with Crippen LogP contribution in [-0.4, -0.2) is 31.5 Å². The van der Waals surface area contributed by atoms with E-state index in [1.54, 1.807) is 18.2 Å². The zero-order valence-electron chi connectivity index (χ0n) is 15.0. The number of ether oxygens (including phenoxy) is 1. The number of para-hydroxylation sites is 3. The fourth-order valence-electron chi connectivity index (χ4n) is 2.46. The molecule has 0 aliphatic heterocycles. The lowest BCUT2D eigenvalue weighted by molar-refractivity contribution is -0.113. The van der Waals surface area contributed by atoms with Gasteiger partial charge in [-0.1, -0.05) is 42.1 Å². The van der Waals surface area contributed by atoms with Crippen molar-refractivity contribution in [3.63, 3.8) is 0 Å². The van der Waals surface area contributed by atoms with Gasteiger partial charge < -0.3 is 19.7 Å². The number of carbonyl (C=O) groups excluding carboxylic acids is 1. The van der Waals surface area contributed by atoms with Gasteiger partial charge in [-0.3, -0.25) is 4.79 Å². The third-order valence-corrected chi connectivity index (χ3v) is 4.82. The molecule has 1 aromatic heterocycles. The molecule has 3 rings (SSSR count). The normalized spacial score (nSPS) is 11.8. The van der Waals surface area contributed by atoms with Crippen LogP contribution in [0.5, 0.6) is 11.5 Å². The number of anilines is 1. The molecule has 0 bridgehead atoms. The predicted octanol–water partition coefficient (Wildman–Crippen LogP) is 3.39. The molecule has 7 nitrogen and oxygen atoms in total. The van der Waals surface area contributed by atoms with Crippen molar-refractivity contribution in [2.24, 2.45) is 7.05 Å². The van der Waals surface area contributed by atoms with Crippen LogP contribution in [0.15, 0.2) is 59.8 Å². The van der Waals surface area contributed by atoms with Gasteiger partial charge in [0.1, 0.15) is 11.5 Å². The summed E-state index contributed by atoms with van der Waals surface area (Å²) >= 11 is 1.26. The third kappa shape index (κ3) is 4.79. The van der Waals surface area contributed by atoms with Crippen molar-refractivity contribution in [2.75, 3.05) is 11.1 Å². The number of amides is 1. The maximum Gasteiger partial charge on any atom is 0.234 e. The summed E-state index contributed by atoms with van der Waals surface area (Å²) in [5, 5.41) is 21.3. The van der Waals surface area contributed by atoms with Crippen LogP contribution in [-0.2, 0) is 11.8 Å². The molecule has 140 valence electrons. The fraction of sp³-hybridized carbons (Fsp3) is 0.211. The number of hydrogen-bond donors (Lipinski definition) is 2. The van der Waals surface area contributed by atoms with Crippen molar-refractivity contribution in [3.8, 4) is 11.5 Å². The van der Waals surface area contributed by atoms with Crippen molar-refractivity contribution in [1.82, 2.24) is 14.8 Å². The minimum absolute atomic E-state index is 0.0312. The van der Waals surface area contributed by atoms with Gasteiger partial charge in [0, 0.05) is 7.05 Å². The molecule has 27 heavy (non-hydrogen) atoms. The molecule has 2 aromatic carbocycles. The number of hydrogen-bond acceptors (Lipinski definition) is 6. The number of nitrogens with zero attached hydrogens (tertiary/aromatic N) is 3. The van der Waals surface area contributed by atoms with Crippen molar-refractivity contribution in [2.45, 2.75) is 18.2 Å². The topological polar surface area (TPSA) is 89.3 Å². The van der Waals surface area contributed by atoms with Crippen LogP contribution >= 0.6 is 11.8 Å². The Labute approximate surface area is 161 Å². The summed E-state index contributed by atoms with van der Waals surface area (Å²) < 4.78 is 7.68. The van der Waals surface area contributed by atoms with E-state index in [1.165, 1.54) is 17.8 Å². The fourth-order valence-corrected chi connectivity index (χ4v) is 3.18. The summed E-state index contributed by atoms with van der Waals surface area (Å²) in [5.74, 6) is 1.36. The monoisotopic (exact) mass is 384 g/mol. The summed E-state index contributed by atoms with van der Waals surface area (Å²) in [6.07, 6.45) is -0.283. The Hall–Kier alpha value is -3.00. The number of aromatic nitrogens is 3. The number of phenols is 1. The Morgan fingerprint density at radius 3 is 2.63 bits per heavy atom. The average molecular weight is 384 g/mol. The maximum absolute atomic E-state index is 12.1.